The van der Waals surface area contributed by atoms with Gasteiger partial charge in [0.15, 0.2) is 11.5 Å². The summed E-state index contributed by atoms with van der Waals surface area (Å²) in [7, 11) is 1.22. The molecule has 0 bridgehead atoms. The Hall–Kier alpha value is -3.23. The maximum absolute atomic E-state index is 13.5. The monoisotopic (exact) mass is 354 g/mol. The fourth-order valence-corrected chi connectivity index (χ4v) is 1.90. The second kappa shape index (κ2) is 8.04. The van der Waals surface area contributed by atoms with Gasteiger partial charge in [0, 0.05) is 5.56 Å². The van der Waals surface area contributed by atoms with E-state index in [1.165, 1.54) is 31.4 Å². The molecule has 0 saturated heterocycles. The Bertz CT molecular complexity index is 784. The van der Waals surface area contributed by atoms with Crippen LogP contribution in [0.2, 0.25) is 0 Å². The van der Waals surface area contributed by atoms with Gasteiger partial charge in [-0.1, -0.05) is 12.1 Å². The Morgan fingerprint density at radius 3 is 2.32 bits per heavy atom. The van der Waals surface area contributed by atoms with Crippen molar-refractivity contribution in [1.29, 1.82) is 0 Å². The van der Waals surface area contributed by atoms with Gasteiger partial charge in [-0.15, -0.1) is 0 Å². The third-order valence-corrected chi connectivity index (χ3v) is 3.05. The van der Waals surface area contributed by atoms with E-state index in [1.807, 2.05) is 0 Å². The molecule has 132 valence electrons. The number of benzene rings is 2. The molecule has 9 heteroatoms. The third kappa shape index (κ3) is 4.63. The first-order chi connectivity index (χ1) is 11.9. The summed E-state index contributed by atoms with van der Waals surface area (Å²) in [6.45, 7) is -3.05. The number of hydrogen-bond donors (Lipinski definition) is 2. The topological polar surface area (TPSA) is 76.7 Å². The molecular formula is C16H13F3N2O4. The quantitative estimate of drug-likeness (QED) is 0.809. The van der Waals surface area contributed by atoms with Gasteiger partial charge in [0.05, 0.1) is 12.7 Å². The number of amides is 2. The van der Waals surface area contributed by atoms with E-state index in [-0.39, 0.29) is 22.6 Å². The van der Waals surface area contributed by atoms with E-state index >= 15 is 0 Å². The summed E-state index contributed by atoms with van der Waals surface area (Å²) in [6, 6.07) is 8.71. The lowest BCUT2D eigenvalue weighted by Crippen LogP contribution is -2.41. The van der Waals surface area contributed by atoms with Gasteiger partial charge >= 0.3 is 6.61 Å². The standard InChI is InChI=1S/C16H13F3N2O4/c1-24-13-8-9(6-7-12(13)25-16(18)19)14(22)20-21-15(23)10-4-2-3-5-11(10)17/h2-8,16H,1H3,(H,20,22)(H,21,23). The molecule has 2 rings (SSSR count). The van der Waals surface area contributed by atoms with E-state index in [4.69, 9.17) is 4.74 Å². The maximum atomic E-state index is 13.5. The van der Waals surface area contributed by atoms with Crippen LogP contribution in [0, 0.1) is 5.82 Å². The van der Waals surface area contributed by atoms with Crippen LogP contribution in [0.4, 0.5) is 13.2 Å². The number of hydrazine groups is 1. The van der Waals surface area contributed by atoms with Crippen LogP contribution in [0.1, 0.15) is 20.7 Å². The minimum Gasteiger partial charge on any atom is -0.493 e. The van der Waals surface area contributed by atoms with Crippen LogP contribution in [0.5, 0.6) is 11.5 Å². The van der Waals surface area contributed by atoms with Crippen molar-refractivity contribution >= 4 is 11.8 Å². The Labute approximate surface area is 140 Å². The Balaban J connectivity index is 2.06. The van der Waals surface area contributed by atoms with Crippen molar-refractivity contribution < 1.29 is 32.2 Å². The number of alkyl halides is 2. The van der Waals surface area contributed by atoms with E-state index in [1.54, 1.807) is 0 Å². The van der Waals surface area contributed by atoms with Crippen molar-refractivity contribution in [3.05, 3.63) is 59.4 Å². The largest absolute Gasteiger partial charge is 0.493 e. The molecule has 0 radical (unpaired) electrons. The van der Waals surface area contributed by atoms with Gasteiger partial charge in [0.1, 0.15) is 5.82 Å². The molecule has 0 unspecified atom stereocenters. The van der Waals surface area contributed by atoms with E-state index in [0.717, 1.165) is 18.2 Å². The molecule has 0 saturated carbocycles. The van der Waals surface area contributed by atoms with Gasteiger partial charge in [-0.3, -0.25) is 20.4 Å². The average molecular weight is 354 g/mol. The Morgan fingerprint density at radius 2 is 1.68 bits per heavy atom. The maximum Gasteiger partial charge on any atom is 0.387 e. The molecule has 2 amide bonds. The number of carbonyl (C=O) groups is 2. The van der Waals surface area contributed by atoms with Crippen LogP contribution in [0.25, 0.3) is 0 Å². The summed E-state index contributed by atoms with van der Waals surface area (Å²) in [5.74, 6) is -2.69. The molecule has 2 N–H and O–H groups in total. The molecule has 0 aromatic heterocycles. The number of methoxy groups -OCH3 is 1. The summed E-state index contributed by atoms with van der Waals surface area (Å²) in [5, 5.41) is 0. The summed E-state index contributed by atoms with van der Waals surface area (Å²) in [6.07, 6.45) is 0. The van der Waals surface area contributed by atoms with Crippen LogP contribution < -0.4 is 20.3 Å². The molecule has 0 heterocycles. The van der Waals surface area contributed by atoms with Crippen LogP contribution in [0.3, 0.4) is 0 Å². The SMILES string of the molecule is COc1cc(C(=O)NNC(=O)c2ccccc2F)ccc1OC(F)F. The number of nitrogens with one attached hydrogen (secondary N) is 2. The summed E-state index contributed by atoms with van der Waals surface area (Å²) in [4.78, 5) is 23.8. The molecule has 0 aliphatic rings. The summed E-state index contributed by atoms with van der Waals surface area (Å²) in [5.41, 5.74) is 3.90. The zero-order valence-electron chi connectivity index (χ0n) is 12.9. The highest BCUT2D eigenvalue weighted by Gasteiger charge is 2.16. The predicted molar refractivity (Wildman–Crippen MR) is 81.0 cm³/mol. The fraction of sp³-hybridized carbons (Fsp3) is 0.125. The lowest BCUT2D eigenvalue weighted by atomic mass is 10.2. The van der Waals surface area contributed by atoms with E-state index in [2.05, 4.69) is 15.6 Å². The van der Waals surface area contributed by atoms with Gasteiger partial charge in [-0.05, 0) is 30.3 Å². The fourth-order valence-electron chi connectivity index (χ4n) is 1.90. The first kappa shape index (κ1) is 18.1. The molecule has 0 aliphatic heterocycles. The third-order valence-electron chi connectivity index (χ3n) is 3.05. The highest BCUT2D eigenvalue weighted by atomic mass is 19.3. The minimum atomic E-state index is -3.05. The second-order valence-corrected chi connectivity index (χ2v) is 4.63. The van der Waals surface area contributed by atoms with Gasteiger partial charge < -0.3 is 9.47 Å². The predicted octanol–water partition coefficient (Wildman–Crippen LogP) is 2.51. The van der Waals surface area contributed by atoms with Crippen molar-refractivity contribution in [2.75, 3.05) is 7.11 Å². The normalized spacial score (nSPS) is 10.3. The zero-order chi connectivity index (χ0) is 18.4. The molecule has 2 aromatic rings. The second-order valence-electron chi connectivity index (χ2n) is 4.63. The molecule has 6 nitrogen and oxygen atoms in total. The van der Waals surface area contributed by atoms with Crippen molar-refractivity contribution in [1.82, 2.24) is 10.9 Å². The van der Waals surface area contributed by atoms with Gasteiger partial charge in [0.25, 0.3) is 11.8 Å². The lowest BCUT2D eigenvalue weighted by molar-refractivity contribution is -0.0512. The zero-order valence-corrected chi connectivity index (χ0v) is 12.9. The summed E-state index contributed by atoms with van der Waals surface area (Å²) >= 11 is 0. The van der Waals surface area contributed by atoms with Crippen LogP contribution >= 0.6 is 0 Å². The average Bonchev–Trinajstić information content (AvgIpc) is 2.59. The summed E-state index contributed by atoms with van der Waals surface area (Å²) < 4.78 is 47.1. The van der Waals surface area contributed by atoms with E-state index in [0.29, 0.717) is 0 Å². The van der Waals surface area contributed by atoms with Crippen LogP contribution in [-0.2, 0) is 0 Å². The van der Waals surface area contributed by atoms with E-state index < -0.39 is 24.2 Å². The highest BCUT2D eigenvalue weighted by molar-refractivity contribution is 5.99. The van der Waals surface area contributed by atoms with Crippen molar-refractivity contribution in [3.8, 4) is 11.5 Å². The molecule has 25 heavy (non-hydrogen) atoms. The molecule has 0 spiro atoms. The number of hydrogen-bond acceptors (Lipinski definition) is 4. The number of halogens is 3. The number of ether oxygens (including phenoxy) is 2. The Morgan fingerprint density at radius 1 is 1.00 bits per heavy atom. The molecule has 0 aliphatic carbocycles. The Kier molecular flexibility index (Phi) is 5.83. The van der Waals surface area contributed by atoms with Gasteiger partial charge in [0.2, 0.25) is 0 Å². The smallest absolute Gasteiger partial charge is 0.387 e. The molecule has 0 atom stereocenters. The van der Waals surface area contributed by atoms with Gasteiger partial charge in [-0.2, -0.15) is 8.78 Å². The van der Waals surface area contributed by atoms with Crippen LogP contribution in [-0.4, -0.2) is 25.5 Å². The highest BCUT2D eigenvalue weighted by Crippen LogP contribution is 2.29. The van der Waals surface area contributed by atoms with Crippen molar-refractivity contribution in [2.24, 2.45) is 0 Å². The first-order valence-corrected chi connectivity index (χ1v) is 6.90. The first-order valence-electron chi connectivity index (χ1n) is 6.90. The number of carbonyl (C=O) groups excluding carboxylic acids is 2. The van der Waals surface area contributed by atoms with Crippen LogP contribution in [0.15, 0.2) is 42.5 Å². The molecule has 0 fully saturated rings. The number of rotatable bonds is 5. The van der Waals surface area contributed by atoms with Gasteiger partial charge in [-0.25, -0.2) is 4.39 Å². The minimum absolute atomic E-state index is 0.00676. The molecular weight excluding hydrogens is 341 g/mol. The van der Waals surface area contributed by atoms with Crippen molar-refractivity contribution in [2.45, 2.75) is 6.61 Å². The van der Waals surface area contributed by atoms with E-state index in [9.17, 15) is 22.8 Å². The van der Waals surface area contributed by atoms with Crippen molar-refractivity contribution in [3.63, 3.8) is 0 Å². The molecule has 2 aromatic carbocycles. The lowest BCUT2D eigenvalue weighted by Gasteiger charge is -2.12.